The number of benzene rings is 1. The first kappa shape index (κ1) is 15.3. The van der Waals surface area contributed by atoms with Crippen LogP contribution in [0.1, 0.15) is 0 Å². The molecule has 0 radical (unpaired) electrons. The molecule has 5 rings (SSSR count). The average molecular weight is 352 g/mol. The van der Waals surface area contributed by atoms with Gasteiger partial charge in [-0.05, 0) is 30.6 Å². The maximum Gasteiger partial charge on any atom is 0.172 e. The molecule has 2 atom stereocenters. The lowest BCUT2D eigenvalue weighted by Crippen LogP contribution is -2.48. The Morgan fingerprint density at radius 1 is 1.12 bits per heavy atom. The highest BCUT2D eigenvalue weighted by atomic mass is 32.1. The van der Waals surface area contributed by atoms with E-state index in [0.29, 0.717) is 6.04 Å². The summed E-state index contributed by atoms with van der Waals surface area (Å²) in [5, 5.41) is 3.19. The maximum atomic E-state index is 6.01. The lowest BCUT2D eigenvalue weighted by Gasteiger charge is -2.33. The van der Waals surface area contributed by atoms with E-state index < -0.39 is 0 Å². The highest BCUT2D eigenvalue weighted by molar-refractivity contribution is 7.13. The Morgan fingerprint density at radius 3 is 2.88 bits per heavy atom. The van der Waals surface area contributed by atoms with Crippen molar-refractivity contribution in [1.82, 2.24) is 14.9 Å². The van der Waals surface area contributed by atoms with Crippen molar-refractivity contribution in [2.45, 2.75) is 12.1 Å². The number of rotatable bonds is 2. The van der Waals surface area contributed by atoms with Crippen molar-refractivity contribution < 1.29 is 4.74 Å². The van der Waals surface area contributed by atoms with Gasteiger partial charge in [-0.2, -0.15) is 0 Å². The summed E-state index contributed by atoms with van der Waals surface area (Å²) in [5.41, 5.74) is 1.00. The van der Waals surface area contributed by atoms with Crippen LogP contribution in [0.5, 0.6) is 0 Å². The van der Waals surface area contributed by atoms with Crippen molar-refractivity contribution in [3.05, 3.63) is 41.8 Å². The number of ether oxygens (including phenoxy) is 1. The predicted octanol–water partition coefficient (Wildman–Crippen LogP) is 2.88. The van der Waals surface area contributed by atoms with Crippen LogP contribution in [0.15, 0.2) is 41.8 Å². The Labute approximate surface area is 150 Å². The molecular weight excluding hydrogens is 332 g/mol. The Morgan fingerprint density at radius 2 is 2.04 bits per heavy atom. The predicted molar refractivity (Wildman–Crippen MR) is 101 cm³/mol. The van der Waals surface area contributed by atoms with E-state index in [2.05, 4.69) is 46.5 Å². The molecule has 0 aliphatic carbocycles. The first-order valence-corrected chi connectivity index (χ1v) is 9.55. The van der Waals surface area contributed by atoms with Crippen molar-refractivity contribution >= 4 is 28.1 Å². The van der Waals surface area contributed by atoms with Gasteiger partial charge in [-0.3, -0.25) is 4.90 Å². The third-order valence-electron chi connectivity index (χ3n) is 5.20. The quantitative estimate of drug-likeness (QED) is 0.709. The van der Waals surface area contributed by atoms with Crippen LogP contribution in [-0.2, 0) is 4.74 Å². The van der Waals surface area contributed by atoms with Gasteiger partial charge in [0.2, 0.25) is 0 Å². The van der Waals surface area contributed by atoms with E-state index in [0.717, 1.165) is 53.7 Å². The van der Waals surface area contributed by atoms with Crippen molar-refractivity contribution in [3.63, 3.8) is 0 Å². The normalized spacial score (nSPS) is 24.0. The Kier molecular flexibility index (Phi) is 3.69. The molecule has 0 spiro atoms. The zero-order valence-electron chi connectivity index (χ0n) is 14.1. The van der Waals surface area contributed by atoms with Gasteiger partial charge in [0.1, 0.15) is 5.82 Å². The fraction of sp³-hybridized carbons (Fsp3) is 0.368. The molecule has 25 heavy (non-hydrogen) atoms. The SMILES string of the molecule is CN1CCOC2CN(c3nc(-c4cccs4)nc4ccccc34)CC21. The number of hydrogen-bond acceptors (Lipinski definition) is 6. The van der Waals surface area contributed by atoms with E-state index in [1.807, 2.05) is 12.1 Å². The molecule has 0 amide bonds. The van der Waals surface area contributed by atoms with Gasteiger partial charge in [0, 0.05) is 25.0 Å². The van der Waals surface area contributed by atoms with Crippen LogP contribution >= 0.6 is 11.3 Å². The summed E-state index contributed by atoms with van der Waals surface area (Å²) in [7, 11) is 2.19. The second-order valence-corrected chi connectivity index (χ2v) is 7.68. The van der Waals surface area contributed by atoms with Gasteiger partial charge in [0.05, 0.1) is 29.1 Å². The summed E-state index contributed by atoms with van der Waals surface area (Å²) >= 11 is 1.68. The number of thiophene rings is 1. The molecule has 1 aromatic carbocycles. The van der Waals surface area contributed by atoms with Crippen molar-refractivity contribution in [3.8, 4) is 10.7 Å². The molecule has 2 fully saturated rings. The molecule has 6 heteroatoms. The minimum atomic E-state index is 0.262. The van der Waals surface area contributed by atoms with E-state index in [1.54, 1.807) is 11.3 Å². The summed E-state index contributed by atoms with van der Waals surface area (Å²) in [6.07, 6.45) is 0.262. The van der Waals surface area contributed by atoms with Crippen molar-refractivity contribution in [1.29, 1.82) is 0 Å². The van der Waals surface area contributed by atoms with Crippen LogP contribution in [0.4, 0.5) is 5.82 Å². The molecule has 2 saturated heterocycles. The number of aromatic nitrogens is 2. The van der Waals surface area contributed by atoms with E-state index in [1.165, 1.54) is 0 Å². The summed E-state index contributed by atoms with van der Waals surface area (Å²) in [4.78, 5) is 15.6. The summed E-state index contributed by atoms with van der Waals surface area (Å²) in [5.74, 6) is 1.84. The Balaban J connectivity index is 1.60. The van der Waals surface area contributed by atoms with Crippen molar-refractivity contribution in [2.24, 2.45) is 0 Å². The molecule has 128 valence electrons. The topological polar surface area (TPSA) is 41.5 Å². The summed E-state index contributed by atoms with van der Waals surface area (Å²) in [6.45, 7) is 3.66. The highest BCUT2D eigenvalue weighted by Crippen LogP contribution is 2.33. The minimum absolute atomic E-state index is 0.262. The molecule has 0 bridgehead atoms. The largest absolute Gasteiger partial charge is 0.373 e. The van der Waals surface area contributed by atoms with Gasteiger partial charge >= 0.3 is 0 Å². The molecule has 2 unspecified atom stereocenters. The maximum absolute atomic E-state index is 6.01. The number of anilines is 1. The molecule has 0 saturated carbocycles. The van der Waals surface area contributed by atoms with Gasteiger partial charge in [0.25, 0.3) is 0 Å². The van der Waals surface area contributed by atoms with Gasteiger partial charge in [-0.25, -0.2) is 9.97 Å². The van der Waals surface area contributed by atoms with Gasteiger partial charge in [-0.1, -0.05) is 18.2 Å². The van der Waals surface area contributed by atoms with Crippen LogP contribution in [0.25, 0.3) is 21.6 Å². The second kappa shape index (κ2) is 6.05. The molecule has 0 N–H and O–H groups in total. The van der Waals surface area contributed by atoms with E-state index in [9.17, 15) is 0 Å². The molecule has 2 aromatic heterocycles. The summed E-state index contributed by atoms with van der Waals surface area (Å²) in [6, 6.07) is 12.9. The number of nitrogens with zero attached hydrogens (tertiary/aromatic N) is 4. The molecule has 5 nitrogen and oxygen atoms in total. The zero-order valence-corrected chi connectivity index (χ0v) is 14.9. The molecule has 4 heterocycles. The smallest absolute Gasteiger partial charge is 0.172 e. The minimum Gasteiger partial charge on any atom is -0.373 e. The third-order valence-corrected chi connectivity index (χ3v) is 6.07. The molecule has 3 aromatic rings. The first-order chi connectivity index (χ1) is 12.3. The molecule has 2 aliphatic heterocycles. The van der Waals surface area contributed by atoms with E-state index in [-0.39, 0.29) is 6.10 Å². The van der Waals surface area contributed by atoms with Crippen molar-refractivity contribution in [2.75, 3.05) is 38.2 Å². The van der Waals surface area contributed by atoms with Crippen LogP contribution < -0.4 is 4.90 Å². The Bertz CT molecular complexity index is 898. The monoisotopic (exact) mass is 352 g/mol. The Hall–Kier alpha value is -2.02. The standard InChI is InChI=1S/C19H20N4OS/c1-22-8-9-24-16-12-23(11-15(16)22)19-13-5-2-3-6-14(13)20-18(21-19)17-7-4-10-25-17/h2-7,10,15-16H,8-9,11-12H2,1H3. The van der Waals surface area contributed by atoms with Crippen LogP contribution in [0.2, 0.25) is 0 Å². The zero-order chi connectivity index (χ0) is 16.8. The van der Waals surface area contributed by atoms with E-state index >= 15 is 0 Å². The van der Waals surface area contributed by atoms with Crippen LogP contribution in [0, 0.1) is 0 Å². The van der Waals surface area contributed by atoms with Gasteiger partial charge in [-0.15, -0.1) is 11.3 Å². The second-order valence-electron chi connectivity index (χ2n) is 6.73. The number of hydrogen-bond donors (Lipinski definition) is 0. The molecular formula is C19H20N4OS. The number of fused-ring (bicyclic) bond motifs is 2. The molecule has 2 aliphatic rings. The number of para-hydroxylation sites is 1. The fourth-order valence-electron chi connectivity index (χ4n) is 3.85. The average Bonchev–Trinajstić information content (AvgIpc) is 3.31. The third kappa shape index (κ3) is 2.61. The lowest BCUT2D eigenvalue weighted by atomic mass is 10.1. The fourth-order valence-corrected chi connectivity index (χ4v) is 4.51. The highest BCUT2D eigenvalue weighted by Gasteiger charge is 2.39. The number of morpholine rings is 1. The van der Waals surface area contributed by atoms with Crippen LogP contribution in [0.3, 0.4) is 0 Å². The first-order valence-electron chi connectivity index (χ1n) is 8.67. The van der Waals surface area contributed by atoms with Gasteiger partial charge in [0.15, 0.2) is 5.82 Å². The van der Waals surface area contributed by atoms with Crippen LogP contribution in [-0.4, -0.2) is 60.3 Å². The van der Waals surface area contributed by atoms with Gasteiger partial charge < -0.3 is 9.64 Å². The number of likely N-dealkylation sites (N-methyl/N-ethyl adjacent to an activating group) is 1. The van der Waals surface area contributed by atoms with E-state index in [4.69, 9.17) is 14.7 Å². The lowest BCUT2D eigenvalue weighted by molar-refractivity contribution is -0.0362. The summed E-state index contributed by atoms with van der Waals surface area (Å²) < 4.78 is 6.01.